The number of carbonyl (C=O) groups is 1. The molecule has 0 aliphatic carbocycles. The summed E-state index contributed by atoms with van der Waals surface area (Å²) in [6, 6.07) is 0.521. The number of hydrogen-bond acceptors (Lipinski definition) is 4. The molecule has 2 heterocycles. The summed E-state index contributed by atoms with van der Waals surface area (Å²) in [4.78, 5) is 20.8. The zero-order chi connectivity index (χ0) is 17.9. The van der Waals surface area contributed by atoms with Gasteiger partial charge in [-0.25, -0.2) is 0 Å². The Balaban J connectivity index is 1.70. The molecule has 144 valence electrons. The largest absolute Gasteiger partial charge is 0.383 e. The first kappa shape index (κ1) is 20.0. The van der Waals surface area contributed by atoms with E-state index in [9.17, 15) is 4.79 Å². The molecule has 7 heteroatoms. The molecule has 0 radical (unpaired) electrons. The Labute approximate surface area is 152 Å². The van der Waals surface area contributed by atoms with Crippen molar-refractivity contribution in [3.05, 3.63) is 0 Å². The maximum atomic E-state index is 11.6. The van der Waals surface area contributed by atoms with Crippen LogP contribution >= 0.6 is 0 Å². The third-order valence-electron chi connectivity index (χ3n) is 4.95. The standard InChI is InChI=1S/C18H35N5O2/c1-3-19-18(20-9-6-12-23-11-5-8-17(23)24)21-15-16-7-4-10-22(16)13-14-25-2/h16H,3-15H2,1-2H3,(H2,19,20,21). The fourth-order valence-electron chi connectivity index (χ4n) is 3.56. The molecule has 0 saturated carbocycles. The molecular formula is C18H35N5O2. The van der Waals surface area contributed by atoms with Crippen molar-refractivity contribution in [3.63, 3.8) is 0 Å². The highest BCUT2D eigenvalue weighted by molar-refractivity contribution is 5.79. The topological polar surface area (TPSA) is 69.2 Å². The van der Waals surface area contributed by atoms with Crippen molar-refractivity contribution < 1.29 is 9.53 Å². The monoisotopic (exact) mass is 353 g/mol. The first-order chi connectivity index (χ1) is 12.2. The molecule has 2 saturated heterocycles. The number of nitrogens with zero attached hydrogens (tertiary/aromatic N) is 3. The summed E-state index contributed by atoms with van der Waals surface area (Å²) in [6.07, 6.45) is 5.15. The number of guanidine groups is 1. The third-order valence-corrected chi connectivity index (χ3v) is 4.95. The van der Waals surface area contributed by atoms with Gasteiger partial charge in [0.2, 0.25) is 5.91 Å². The number of carbonyl (C=O) groups excluding carboxylic acids is 1. The number of ether oxygens (including phenoxy) is 1. The minimum absolute atomic E-state index is 0.304. The van der Waals surface area contributed by atoms with Crippen LogP contribution in [0.1, 0.15) is 39.0 Å². The summed E-state index contributed by atoms with van der Waals surface area (Å²) in [5.41, 5.74) is 0. The van der Waals surface area contributed by atoms with Gasteiger partial charge < -0.3 is 20.3 Å². The van der Waals surface area contributed by atoms with Gasteiger partial charge in [-0.3, -0.25) is 14.7 Å². The molecule has 2 rings (SSSR count). The zero-order valence-electron chi connectivity index (χ0n) is 15.9. The molecule has 2 aliphatic heterocycles. The highest BCUT2D eigenvalue weighted by Gasteiger charge is 2.23. The maximum absolute atomic E-state index is 11.6. The van der Waals surface area contributed by atoms with Crippen LogP contribution in [0.25, 0.3) is 0 Å². The van der Waals surface area contributed by atoms with Crippen LogP contribution in [0.3, 0.4) is 0 Å². The van der Waals surface area contributed by atoms with Gasteiger partial charge in [-0.15, -0.1) is 0 Å². The first-order valence-electron chi connectivity index (χ1n) is 9.77. The summed E-state index contributed by atoms with van der Waals surface area (Å²) in [6.45, 7) is 9.30. The fraction of sp³-hybridized carbons (Fsp3) is 0.889. The second-order valence-electron chi connectivity index (χ2n) is 6.81. The smallest absolute Gasteiger partial charge is 0.222 e. The van der Waals surface area contributed by atoms with E-state index < -0.39 is 0 Å². The second kappa shape index (κ2) is 11.3. The predicted molar refractivity (Wildman–Crippen MR) is 101 cm³/mol. The molecule has 2 aliphatic rings. The van der Waals surface area contributed by atoms with E-state index >= 15 is 0 Å². The predicted octanol–water partition coefficient (Wildman–Crippen LogP) is 0.665. The summed E-state index contributed by atoms with van der Waals surface area (Å²) in [7, 11) is 1.76. The summed E-state index contributed by atoms with van der Waals surface area (Å²) in [5.74, 6) is 1.19. The van der Waals surface area contributed by atoms with E-state index in [1.165, 1.54) is 12.8 Å². The second-order valence-corrected chi connectivity index (χ2v) is 6.81. The lowest BCUT2D eigenvalue weighted by Crippen LogP contribution is -2.40. The minimum atomic E-state index is 0.304. The van der Waals surface area contributed by atoms with E-state index in [0.29, 0.717) is 11.9 Å². The van der Waals surface area contributed by atoms with Crippen molar-refractivity contribution in [2.45, 2.75) is 45.1 Å². The number of amides is 1. The van der Waals surface area contributed by atoms with Crippen LogP contribution in [0.15, 0.2) is 4.99 Å². The summed E-state index contributed by atoms with van der Waals surface area (Å²) >= 11 is 0. The highest BCUT2D eigenvalue weighted by Crippen LogP contribution is 2.16. The Morgan fingerprint density at radius 3 is 2.88 bits per heavy atom. The van der Waals surface area contributed by atoms with Crippen molar-refractivity contribution in [2.75, 3.05) is 59.5 Å². The van der Waals surface area contributed by atoms with Crippen LogP contribution < -0.4 is 10.6 Å². The number of likely N-dealkylation sites (tertiary alicyclic amines) is 2. The summed E-state index contributed by atoms with van der Waals surface area (Å²) in [5, 5.41) is 6.72. The normalized spacial score (nSPS) is 22.0. The Morgan fingerprint density at radius 2 is 2.16 bits per heavy atom. The van der Waals surface area contributed by atoms with Gasteiger partial charge in [0.25, 0.3) is 0 Å². The Morgan fingerprint density at radius 1 is 1.28 bits per heavy atom. The molecule has 2 fully saturated rings. The number of methoxy groups -OCH3 is 1. The molecule has 0 bridgehead atoms. The van der Waals surface area contributed by atoms with Gasteiger partial charge in [0.1, 0.15) is 0 Å². The fourth-order valence-corrected chi connectivity index (χ4v) is 3.56. The van der Waals surface area contributed by atoms with Crippen LogP contribution in [0.5, 0.6) is 0 Å². The van der Waals surface area contributed by atoms with Crippen LogP contribution in [0, 0.1) is 0 Å². The first-order valence-corrected chi connectivity index (χ1v) is 9.77. The zero-order valence-corrected chi connectivity index (χ0v) is 15.9. The Bertz CT molecular complexity index is 430. The molecule has 25 heavy (non-hydrogen) atoms. The average Bonchev–Trinajstić information content (AvgIpc) is 3.23. The van der Waals surface area contributed by atoms with Crippen LogP contribution in [0.2, 0.25) is 0 Å². The molecule has 7 nitrogen and oxygen atoms in total. The SMILES string of the molecule is CCNC(=NCC1CCCN1CCOC)NCCCN1CCCC1=O. The highest BCUT2D eigenvalue weighted by atomic mass is 16.5. The average molecular weight is 354 g/mol. The lowest BCUT2D eigenvalue weighted by Gasteiger charge is -2.23. The van der Waals surface area contributed by atoms with Gasteiger partial charge in [-0.1, -0.05) is 0 Å². The van der Waals surface area contributed by atoms with E-state index in [4.69, 9.17) is 9.73 Å². The molecule has 0 spiro atoms. The van der Waals surface area contributed by atoms with Crippen molar-refractivity contribution in [1.82, 2.24) is 20.4 Å². The summed E-state index contributed by atoms with van der Waals surface area (Å²) < 4.78 is 5.20. The van der Waals surface area contributed by atoms with E-state index in [-0.39, 0.29) is 0 Å². The molecule has 0 aromatic rings. The molecule has 0 aromatic heterocycles. The molecule has 1 unspecified atom stereocenters. The van der Waals surface area contributed by atoms with Crippen molar-refractivity contribution in [3.8, 4) is 0 Å². The molecule has 0 aromatic carbocycles. The third kappa shape index (κ3) is 6.82. The van der Waals surface area contributed by atoms with Gasteiger partial charge in [-0.2, -0.15) is 0 Å². The lowest BCUT2D eigenvalue weighted by atomic mass is 10.2. The molecule has 1 amide bonds. The van der Waals surface area contributed by atoms with Gasteiger partial charge in [0.05, 0.1) is 13.2 Å². The molecule has 1 atom stereocenters. The van der Waals surface area contributed by atoms with Gasteiger partial charge in [0.15, 0.2) is 5.96 Å². The quantitative estimate of drug-likeness (QED) is 0.343. The number of aliphatic imine (C=N–C) groups is 1. The van der Waals surface area contributed by atoms with Crippen LogP contribution in [-0.2, 0) is 9.53 Å². The number of rotatable bonds is 10. The van der Waals surface area contributed by atoms with Gasteiger partial charge in [-0.05, 0) is 39.2 Å². The molecular weight excluding hydrogens is 318 g/mol. The Kier molecular flexibility index (Phi) is 9.04. The van der Waals surface area contributed by atoms with Crippen LogP contribution in [-0.4, -0.2) is 87.2 Å². The Hall–Kier alpha value is -1.34. The number of hydrogen-bond donors (Lipinski definition) is 2. The van der Waals surface area contributed by atoms with Gasteiger partial charge in [0, 0.05) is 52.3 Å². The van der Waals surface area contributed by atoms with E-state index in [1.807, 2.05) is 4.90 Å². The van der Waals surface area contributed by atoms with E-state index in [1.54, 1.807) is 7.11 Å². The van der Waals surface area contributed by atoms with Crippen molar-refractivity contribution in [2.24, 2.45) is 4.99 Å². The lowest BCUT2D eigenvalue weighted by molar-refractivity contribution is -0.127. The maximum Gasteiger partial charge on any atom is 0.222 e. The van der Waals surface area contributed by atoms with E-state index in [2.05, 4.69) is 22.5 Å². The minimum Gasteiger partial charge on any atom is -0.383 e. The van der Waals surface area contributed by atoms with Crippen molar-refractivity contribution >= 4 is 11.9 Å². The number of nitrogens with one attached hydrogen (secondary N) is 2. The van der Waals surface area contributed by atoms with Crippen LogP contribution in [0.4, 0.5) is 0 Å². The van der Waals surface area contributed by atoms with Gasteiger partial charge >= 0.3 is 0 Å². The van der Waals surface area contributed by atoms with Crippen molar-refractivity contribution in [1.29, 1.82) is 0 Å². The molecule has 2 N–H and O–H groups in total. The van der Waals surface area contributed by atoms with E-state index in [0.717, 1.165) is 77.6 Å².